The maximum Gasteiger partial charge on any atom is 0.429 e. The maximum atomic E-state index is 14.7. The van der Waals surface area contributed by atoms with E-state index in [2.05, 4.69) is 11.7 Å². The van der Waals surface area contributed by atoms with E-state index < -0.39 is 57.9 Å². The Bertz CT molecular complexity index is 1230. The van der Waals surface area contributed by atoms with Crippen LogP contribution in [0, 0.1) is 40.8 Å². The Morgan fingerprint density at radius 2 is 1.34 bits per heavy atom. The van der Waals surface area contributed by atoms with Crippen LogP contribution in [0.4, 0.5) is 35.1 Å². The van der Waals surface area contributed by atoms with Crippen LogP contribution < -0.4 is 4.74 Å². The molecule has 1 fully saturated rings. The molecule has 35 heavy (non-hydrogen) atoms. The van der Waals surface area contributed by atoms with Gasteiger partial charge in [-0.3, -0.25) is 0 Å². The molecule has 3 aromatic rings. The smallest absolute Gasteiger partial charge is 0.429 e. The molecule has 186 valence electrons. The predicted molar refractivity (Wildman–Crippen MR) is 113 cm³/mol. The fourth-order valence-corrected chi connectivity index (χ4v) is 4.38. The second kappa shape index (κ2) is 9.51. The minimum absolute atomic E-state index is 0.0307. The van der Waals surface area contributed by atoms with E-state index in [1.54, 1.807) is 0 Å². The van der Waals surface area contributed by atoms with Crippen molar-refractivity contribution in [3.05, 3.63) is 88.5 Å². The lowest BCUT2D eigenvalue weighted by atomic mass is 9.79. The number of ether oxygens (including phenoxy) is 1. The molecule has 9 heteroatoms. The molecule has 1 aliphatic carbocycles. The first-order chi connectivity index (χ1) is 16.5. The number of alkyl halides is 2. The van der Waals surface area contributed by atoms with Gasteiger partial charge in [0.25, 0.3) is 0 Å². The van der Waals surface area contributed by atoms with Crippen molar-refractivity contribution in [3.63, 3.8) is 0 Å². The molecule has 0 amide bonds. The second-order valence-electron chi connectivity index (χ2n) is 8.80. The van der Waals surface area contributed by atoms with E-state index in [-0.39, 0.29) is 17.0 Å². The van der Waals surface area contributed by atoms with Crippen molar-refractivity contribution in [2.45, 2.75) is 44.6 Å². The van der Waals surface area contributed by atoms with E-state index in [1.165, 1.54) is 0 Å². The zero-order valence-corrected chi connectivity index (χ0v) is 18.5. The minimum atomic E-state index is -4.35. The summed E-state index contributed by atoms with van der Waals surface area (Å²) in [6.45, 7) is 2.06. The topological polar surface area (TPSA) is 9.23 Å². The minimum Gasteiger partial charge on any atom is -0.429 e. The van der Waals surface area contributed by atoms with Crippen LogP contribution in [0.15, 0.2) is 42.5 Å². The van der Waals surface area contributed by atoms with E-state index in [0.29, 0.717) is 37.0 Å². The van der Waals surface area contributed by atoms with Gasteiger partial charge in [-0.25, -0.2) is 26.3 Å². The van der Waals surface area contributed by atoms with Gasteiger partial charge in [0.15, 0.2) is 29.1 Å². The van der Waals surface area contributed by atoms with Crippen LogP contribution in [0.1, 0.15) is 49.7 Å². The fraction of sp³-hybridized carbons (Fsp3) is 0.308. The van der Waals surface area contributed by atoms with Crippen molar-refractivity contribution >= 4 is 0 Å². The lowest BCUT2D eigenvalue weighted by Gasteiger charge is -2.27. The van der Waals surface area contributed by atoms with E-state index in [1.807, 2.05) is 0 Å². The van der Waals surface area contributed by atoms with Gasteiger partial charge in [0, 0.05) is 11.6 Å². The number of hydrogen-bond donors (Lipinski definition) is 0. The molecule has 0 spiro atoms. The van der Waals surface area contributed by atoms with Crippen LogP contribution in [-0.2, 0) is 6.11 Å². The molecule has 4 rings (SSSR count). The summed E-state index contributed by atoms with van der Waals surface area (Å²) in [7, 11) is 0. The SMILES string of the molecule is CC1CCC(c2ccc(C(F)(F)Oc3ccc(-c4cc(F)c(F)c(F)c4)c(F)c3)c(F)c2F)CC1. The monoisotopic (exact) mass is 500 g/mol. The Labute approximate surface area is 196 Å². The van der Waals surface area contributed by atoms with Crippen molar-refractivity contribution < 1.29 is 39.9 Å². The van der Waals surface area contributed by atoms with E-state index in [9.17, 15) is 35.1 Å². The number of hydrogen-bond acceptors (Lipinski definition) is 1. The molecule has 0 radical (unpaired) electrons. The highest BCUT2D eigenvalue weighted by Crippen LogP contribution is 2.40. The molecule has 0 heterocycles. The van der Waals surface area contributed by atoms with E-state index >= 15 is 0 Å². The van der Waals surface area contributed by atoms with Gasteiger partial charge in [0.05, 0.1) is 0 Å². The Morgan fingerprint density at radius 1 is 0.714 bits per heavy atom. The number of halogens is 8. The first-order valence-electron chi connectivity index (χ1n) is 11.0. The molecule has 0 atom stereocenters. The third-order valence-corrected chi connectivity index (χ3v) is 6.36. The highest BCUT2D eigenvalue weighted by molar-refractivity contribution is 5.65. The first-order valence-corrected chi connectivity index (χ1v) is 11.0. The summed E-state index contributed by atoms with van der Waals surface area (Å²) in [6, 6.07) is 5.19. The summed E-state index contributed by atoms with van der Waals surface area (Å²) in [6.07, 6.45) is -1.46. The van der Waals surface area contributed by atoms with Gasteiger partial charge >= 0.3 is 6.11 Å². The molecule has 3 aromatic carbocycles. The first kappa shape index (κ1) is 25.0. The van der Waals surface area contributed by atoms with Crippen LogP contribution in [0.25, 0.3) is 11.1 Å². The molecule has 0 N–H and O–H groups in total. The van der Waals surface area contributed by atoms with Crippen LogP contribution >= 0.6 is 0 Å². The van der Waals surface area contributed by atoms with Crippen LogP contribution in [-0.4, -0.2) is 0 Å². The molecule has 0 saturated heterocycles. The number of benzene rings is 3. The summed E-state index contributed by atoms with van der Waals surface area (Å²) in [5, 5.41) is 0. The Balaban J connectivity index is 1.58. The summed E-state index contributed by atoms with van der Waals surface area (Å²) in [5.41, 5.74) is -2.11. The van der Waals surface area contributed by atoms with Gasteiger partial charge in [-0.05, 0) is 66.1 Å². The highest BCUT2D eigenvalue weighted by atomic mass is 19.3. The Morgan fingerprint density at radius 3 is 1.94 bits per heavy atom. The van der Waals surface area contributed by atoms with E-state index in [0.717, 1.165) is 37.1 Å². The molecule has 1 aliphatic rings. The molecular formula is C26H20F8O. The average molecular weight is 500 g/mol. The highest BCUT2D eigenvalue weighted by Gasteiger charge is 2.40. The van der Waals surface area contributed by atoms with Gasteiger partial charge in [-0.1, -0.05) is 25.8 Å². The van der Waals surface area contributed by atoms with Crippen molar-refractivity contribution in [1.82, 2.24) is 0 Å². The average Bonchev–Trinajstić information content (AvgIpc) is 2.79. The predicted octanol–water partition coefficient (Wildman–Crippen LogP) is 8.61. The van der Waals surface area contributed by atoms with Crippen molar-refractivity contribution in [3.8, 4) is 16.9 Å². The molecule has 0 unspecified atom stereocenters. The van der Waals surface area contributed by atoms with Crippen LogP contribution in [0.2, 0.25) is 0 Å². The normalized spacial score (nSPS) is 18.5. The zero-order chi connectivity index (χ0) is 25.5. The largest absolute Gasteiger partial charge is 0.429 e. The fourth-order valence-electron chi connectivity index (χ4n) is 4.38. The molecule has 0 aliphatic heterocycles. The van der Waals surface area contributed by atoms with E-state index in [4.69, 9.17) is 0 Å². The maximum absolute atomic E-state index is 14.7. The van der Waals surface area contributed by atoms with Crippen molar-refractivity contribution in [2.75, 3.05) is 0 Å². The third-order valence-electron chi connectivity index (χ3n) is 6.36. The van der Waals surface area contributed by atoms with Crippen LogP contribution in [0.3, 0.4) is 0 Å². The molecule has 0 aromatic heterocycles. The molecular weight excluding hydrogens is 480 g/mol. The van der Waals surface area contributed by atoms with Gasteiger partial charge < -0.3 is 4.74 Å². The summed E-state index contributed by atoms with van der Waals surface area (Å²) in [5.74, 6) is -9.75. The van der Waals surface area contributed by atoms with Crippen molar-refractivity contribution in [2.24, 2.45) is 5.92 Å². The van der Waals surface area contributed by atoms with Gasteiger partial charge in [-0.2, -0.15) is 8.78 Å². The Hall–Kier alpha value is -3.10. The summed E-state index contributed by atoms with van der Waals surface area (Å²) < 4.78 is 118. The molecule has 1 nitrogen and oxygen atoms in total. The molecule has 0 bridgehead atoms. The summed E-state index contributed by atoms with van der Waals surface area (Å²) >= 11 is 0. The van der Waals surface area contributed by atoms with Gasteiger partial charge in [-0.15, -0.1) is 0 Å². The van der Waals surface area contributed by atoms with Gasteiger partial charge in [0.1, 0.15) is 17.1 Å². The lowest BCUT2D eigenvalue weighted by molar-refractivity contribution is -0.187. The lowest BCUT2D eigenvalue weighted by Crippen LogP contribution is -2.25. The summed E-state index contributed by atoms with van der Waals surface area (Å²) in [4.78, 5) is 0. The van der Waals surface area contributed by atoms with Crippen molar-refractivity contribution in [1.29, 1.82) is 0 Å². The zero-order valence-electron chi connectivity index (χ0n) is 18.5. The standard InChI is InChI=1S/C26H20F8O/c1-13-2-4-14(5-3-13)18-8-9-19(24(31)23(18)30)26(33,34)35-16-6-7-17(20(27)12-16)15-10-21(28)25(32)22(29)11-15/h6-14H,2-5H2,1H3. The second-order valence-corrected chi connectivity index (χ2v) is 8.80. The Kier molecular flexibility index (Phi) is 6.79. The quantitative estimate of drug-likeness (QED) is 0.252. The molecule has 1 saturated carbocycles. The third kappa shape index (κ3) is 4.99. The van der Waals surface area contributed by atoms with Crippen LogP contribution in [0.5, 0.6) is 5.75 Å². The number of rotatable bonds is 5. The van der Waals surface area contributed by atoms with Gasteiger partial charge in [0.2, 0.25) is 0 Å².